The second kappa shape index (κ2) is 7.61. The molecular weight excluding hydrogens is 358 g/mol. The first-order chi connectivity index (χ1) is 13.1. The van der Waals surface area contributed by atoms with Crippen molar-refractivity contribution in [3.05, 3.63) is 53.6 Å². The monoisotopic (exact) mass is 381 g/mol. The first-order valence-electron chi connectivity index (χ1n) is 9.39. The van der Waals surface area contributed by atoms with Gasteiger partial charge in [0, 0.05) is 48.3 Å². The lowest BCUT2D eigenvalue weighted by Gasteiger charge is -2.36. The number of hydrogen-bond acceptors (Lipinski definition) is 5. The number of halogens is 1. The van der Waals surface area contributed by atoms with E-state index in [0.29, 0.717) is 6.04 Å². The lowest BCUT2D eigenvalue weighted by Crippen LogP contribution is -2.47. The lowest BCUT2D eigenvalue weighted by atomic mass is 10.2. The van der Waals surface area contributed by atoms with Crippen molar-refractivity contribution in [3.63, 3.8) is 0 Å². The van der Waals surface area contributed by atoms with Gasteiger partial charge in [0.25, 0.3) is 0 Å². The van der Waals surface area contributed by atoms with Gasteiger partial charge in [0.2, 0.25) is 5.95 Å². The van der Waals surface area contributed by atoms with Gasteiger partial charge in [0.15, 0.2) is 0 Å². The second-order valence-electron chi connectivity index (χ2n) is 7.14. The van der Waals surface area contributed by atoms with Crippen LogP contribution in [0.25, 0.3) is 10.9 Å². The molecule has 0 amide bonds. The van der Waals surface area contributed by atoms with E-state index >= 15 is 0 Å². The van der Waals surface area contributed by atoms with Gasteiger partial charge in [0.1, 0.15) is 5.82 Å². The fourth-order valence-corrected chi connectivity index (χ4v) is 3.61. The first kappa shape index (κ1) is 17.9. The van der Waals surface area contributed by atoms with Crippen molar-refractivity contribution in [2.24, 2.45) is 0 Å². The molecule has 1 N–H and O–H groups in total. The minimum Gasteiger partial charge on any atom is -0.368 e. The predicted octanol–water partition coefficient (Wildman–Crippen LogP) is 4.43. The van der Waals surface area contributed by atoms with Crippen molar-refractivity contribution in [2.75, 3.05) is 41.3 Å². The van der Waals surface area contributed by atoms with Gasteiger partial charge >= 0.3 is 0 Å². The molecule has 3 aromatic rings. The molecule has 0 saturated carbocycles. The van der Waals surface area contributed by atoms with E-state index in [2.05, 4.69) is 41.1 Å². The molecule has 0 unspecified atom stereocenters. The normalized spacial score (nSPS) is 14.8. The van der Waals surface area contributed by atoms with Crippen LogP contribution in [-0.2, 0) is 0 Å². The Balaban J connectivity index is 1.56. The molecule has 1 aliphatic heterocycles. The molecule has 27 heavy (non-hydrogen) atoms. The number of benzene rings is 2. The highest BCUT2D eigenvalue weighted by molar-refractivity contribution is 6.30. The van der Waals surface area contributed by atoms with Crippen molar-refractivity contribution < 1.29 is 0 Å². The summed E-state index contributed by atoms with van der Waals surface area (Å²) in [6.07, 6.45) is 0. The third kappa shape index (κ3) is 3.93. The Morgan fingerprint density at radius 2 is 1.67 bits per heavy atom. The van der Waals surface area contributed by atoms with E-state index in [1.807, 2.05) is 36.4 Å². The van der Waals surface area contributed by atoms with E-state index in [4.69, 9.17) is 21.6 Å². The molecule has 0 aliphatic carbocycles. The number of piperazine rings is 1. The van der Waals surface area contributed by atoms with Gasteiger partial charge in [-0.2, -0.15) is 4.98 Å². The van der Waals surface area contributed by atoms with Crippen molar-refractivity contribution in [3.8, 4) is 0 Å². The lowest BCUT2D eigenvalue weighted by molar-refractivity contribution is 0.641. The molecule has 4 rings (SSSR count). The van der Waals surface area contributed by atoms with Gasteiger partial charge in [-0.05, 0) is 44.2 Å². The summed E-state index contributed by atoms with van der Waals surface area (Å²) < 4.78 is 0. The molecule has 1 saturated heterocycles. The van der Waals surface area contributed by atoms with Crippen LogP contribution in [0.2, 0.25) is 5.02 Å². The molecular formula is C21H24ClN5. The molecule has 1 aliphatic rings. The Morgan fingerprint density at radius 3 is 2.41 bits per heavy atom. The third-order valence-electron chi connectivity index (χ3n) is 4.75. The largest absolute Gasteiger partial charge is 0.368 e. The standard InChI is InChI=1S/C21H24ClN5/c1-15(2)23-20-18-8-3-4-9-19(18)24-21(25-20)27-12-10-26(11-13-27)17-7-5-6-16(22)14-17/h3-9,14-15H,10-13H2,1-2H3,(H,23,24,25). The summed E-state index contributed by atoms with van der Waals surface area (Å²) in [6, 6.07) is 16.5. The highest BCUT2D eigenvalue weighted by Crippen LogP contribution is 2.26. The van der Waals surface area contributed by atoms with Crippen LogP contribution in [0.5, 0.6) is 0 Å². The topological polar surface area (TPSA) is 44.3 Å². The summed E-state index contributed by atoms with van der Waals surface area (Å²) in [4.78, 5) is 14.3. The van der Waals surface area contributed by atoms with Gasteiger partial charge < -0.3 is 15.1 Å². The minimum atomic E-state index is 0.316. The number of nitrogens with one attached hydrogen (secondary N) is 1. The third-order valence-corrected chi connectivity index (χ3v) is 4.99. The maximum Gasteiger partial charge on any atom is 0.228 e. The minimum absolute atomic E-state index is 0.316. The van der Waals surface area contributed by atoms with Crippen LogP contribution >= 0.6 is 11.6 Å². The fraction of sp³-hybridized carbons (Fsp3) is 0.333. The number of fused-ring (bicyclic) bond motifs is 1. The maximum atomic E-state index is 6.14. The van der Waals surface area contributed by atoms with E-state index in [1.165, 1.54) is 5.69 Å². The average Bonchev–Trinajstić information content (AvgIpc) is 2.67. The highest BCUT2D eigenvalue weighted by Gasteiger charge is 2.21. The highest BCUT2D eigenvalue weighted by atomic mass is 35.5. The number of aromatic nitrogens is 2. The quantitative estimate of drug-likeness (QED) is 0.724. The molecule has 2 heterocycles. The van der Waals surface area contributed by atoms with Crippen LogP contribution in [0, 0.1) is 0 Å². The van der Waals surface area contributed by atoms with Crippen molar-refractivity contribution in [1.29, 1.82) is 0 Å². The summed E-state index contributed by atoms with van der Waals surface area (Å²) in [5, 5.41) is 5.30. The van der Waals surface area contributed by atoms with Gasteiger partial charge in [-0.25, -0.2) is 4.98 Å². The van der Waals surface area contributed by atoms with Gasteiger partial charge in [-0.15, -0.1) is 0 Å². The number of hydrogen-bond donors (Lipinski definition) is 1. The Kier molecular flexibility index (Phi) is 5.03. The molecule has 0 spiro atoms. The van der Waals surface area contributed by atoms with E-state index in [-0.39, 0.29) is 0 Å². The van der Waals surface area contributed by atoms with E-state index in [1.54, 1.807) is 0 Å². The summed E-state index contributed by atoms with van der Waals surface area (Å²) in [5.74, 6) is 1.70. The molecule has 6 heteroatoms. The fourth-order valence-electron chi connectivity index (χ4n) is 3.43. The van der Waals surface area contributed by atoms with Crippen LogP contribution in [0.1, 0.15) is 13.8 Å². The molecule has 1 aromatic heterocycles. The average molecular weight is 382 g/mol. The van der Waals surface area contributed by atoms with Crippen LogP contribution in [0.4, 0.5) is 17.5 Å². The smallest absolute Gasteiger partial charge is 0.228 e. The number of nitrogens with zero attached hydrogens (tertiary/aromatic N) is 4. The van der Waals surface area contributed by atoms with Crippen LogP contribution in [0.3, 0.4) is 0 Å². The zero-order chi connectivity index (χ0) is 18.8. The van der Waals surface area contributed by atoms with Gasteiger partial charge in [-0.1, -0.05) is 29.8 Å². The maximum absolute atomic E-state index is 6.14. The van der Waals surface area contributed by atoms with Crippen molar-refractivity contribution in [1.82, 2.24) is 9.97 Å². The Hall–Kier alpha value is -2.53. The zero-order valence-corrected chi connectivity index (χ0v) is 16.4. The summed E-state index contributed by atoms with van der Waals surface area (Å²) in [7, 11) is 0. The van der Waals surface area contributed by atoms with Gasteiger partial charge in [-0.3, -0.25) is 0 Å². The SMILES string of the molecule is CC(C)Nc1nc(N2CCN(c3cccc(Cl)c3)CC2)nc2ccccc12. The van der Waals surface area contributed by atoms with Crippen molar-refractivity contribution in [2.45, 2.75) is 19.9 Å². The number of rotatable bonds is 4. The molecule has 2 aromatic carbocycles. The van der Waals surface area contributed by atoms with E-state index in [9.17, 15) is 0 Å². The number of anilines is 3. The molecule has 0 radical (unpaired) electrons. The molecule has 0 bridgehead atoms. The first-order valence-corrected chi connectivity index (χ1v) is 9.77. The van der Waals surface area contributed by atoms with Crippen LogP contribution < -0.4 is 15.1 Å². The Morgan fingerprint density at radius 1 is 0.926 bits per heavy atom. The van der Waals surface area contributed by atoms with E-state index < -0.39 is 0 Å². The van der Waals surface area contributed by atoms with Crippen LogP contribution in [-0.4, -0.2) is 42.2 Å². The van der Waals surface area contributed by atoms with E-state index in [0.717, 1.165) is 53.9 Å². The van der Waals surface area contributed by atoms with Gasteiger partial charge in [0.05, 0.1) is 5.52 Å². The number of para-hydroxylation sites is 1. The molecule has 0 atom stereocenters. The summed E-state index contributed by atoms with van der Waals surface area (Å²) in [5.41, 5.74) is 2.15. The Labute approximate surface area is 165 Å². The predicted molar refractivity (Wildman–Crippen MR) is 114 cm³/mol. The summed E-state index contributed by atoms with van der Waals surface area (Å²) >= 11 is 6.14. The Bertz CT molecular complexity index is 935. The second-order valence-corrected chi connectivity index (χ2v) is 7.58. The van der Waals surface area contributed by atoms with Crippen molar-refractivity contribution >= 4 is 40.0 Å². The summed E-state index contributed by atoms with van der Waals surface area (Å²) in [6.45, 7) is 7.85. The molecule has 1 fully saturated rings. The molecule has 140 valence electrons. The molecule has 5 nitrogen and oxygen atoms in total. The van der Waals surface area contributed by atoms with Crippen LogP contribution in [0.15, 0.2) is 48.5 Å². The zero-order valence-electron chi connectivity index (χ0n) is 15.7.